The third kappa shape index (κ3) is 5.85. The summed E-state index contributed by atoms with van der Waals surface area (Å²) in [5, 5.41) is 13.8. The number of nitrogens with zero attached hydrogens (tertiary/aromatic N) is 1. The summed E-state index contributed by atoms with van der Waals surface area (Å²) in [6.45, 7) is 2.69. The quantitative estimate of drug-likeness (QED) is 0.759. The number of carboxylic acid groups (broad SMARTS) is 1. The van der Waals surface area contributed by atoms with E-state index in [1.54, 1.807) is 25.1 Å². The van der Waals surface area contributed by atoms with Crippen LogP contribution in [0, 0.1) is 0 Å². The van der Waals surface area contributed by atoms with Crippen molar-refractivity contribution in [2.24, 2.45) is 0 Å². The van der Waals surface area contributed by atoms with E-state index in [0.29, 0.717) is 18.5 Å². The lowest BCUT2D eigenvalue weighted by atomic mass is 9.99. The summed E-state index contributed by atoms with van der Waals surface area (Å²) in [5.74, 6) is -1.46. The molecule has 2 atom stereocenters. The van der Waals surface area contributed by atoms with Gasteiger partial charge in [0.25, 0.3) is 0 Å². The molecular formula is C23H24F3N2O3-. The van der Waals surface area contributed by atoms with Crippen LogP contribution in [0.5, 0.6) is 0 Å². The molecule has 1 amide bonds. The number of likely N-dealkylation sites (tertiary alicyclic amines) is 1. The van der Waals surface area contributed by atoms with E-state index >= 15 is 0 Å². The van der Waals surface area contributed by atoms with Crippen LogP contribution in [0.2, 0.25) is 0 Å². The number of alkyl halides is 3. The van der Waals surface area contributed by atoms with E-state index in [1.165, 1.54) is 18.2 Å². The van der Waals surface area contributed by atoms with Crippen molar-refractivity contribution in [3.63, 3.8) is 0 Å². The van der Waals surface area contributed by atoms with Crippen molar-refractivity contribution in [1.29, 1.82) is 0 Å². The van der Waals surface area contributed by atoms with Crippen molar-refractivity contribution in [1.82, 2.24) is 10.2 Å². The number of amides is 1. The first-order chi connectivity index (χ1) is 14.6. The first-order valence-corrected chi connectivity index (χ1v) is 10.2. The van der Waals surface area contributed by atoms with Crippen LogP contribution in [0.1, 0.15) is 59.3 Å². The van der Waals surface area contributed by atoms with E-state index in [-0.39, 0.29) is 24.1 Å². The van der Waals surface area contributed by atoms with Gasteiger partial charge in [-0.3, -0.25) is 9.69 Å². The molecule has 0 saturated carbocycles. The van der Waals surface area contributed by atoms with Crippen molar-refractivity contribution in [2.75, 3.05) is 6.54 Å². The predicted octanol–water partition coefficient (Wildman–Crippen LogP) is 3.30. The first kappa shape index (κ1) is 22.8. The zero-order chi connectivity index (χ0) is 22.6. The van der Waals surface area contributed by atoms with Crippen molar-refractivity contribution in [2.45, 2.75) is 51.0 Å². The zero-order valence-corrected chi connectivity index (χ0v) is 17.1. The number of carbonyl (C=O) groups excluding carboxylic acids is 2. The second-order valence-electron chi connectivity index (χ2n) is 7.82. The highest BCUT2D eigenvalue weighted by molar-refractivity contribution is 5.85. The number of nitrogens with one attached hydrogen (secondary N) is 1. The third-order valence-corrected chi connectivity index (χ3v) is 5.56. The molecule has 0 bridgehead atoms. The van der Waals surface area contributed by atoms with E-state index in [1.807, 2.05) is 4.90 Å². The number of rotatable bonds is 6. The van der Waals surface area contributed by atoms with Crippen LogP contribution in [-0.2, 0) is 17.5 Å². The molecule has 0 aliphatic carbocycles. The highest BCUT2D eigenvalue weighted by Gasteiger charge is 2.32. The van der Waals surface area contributed by atoms with Gasteiger partial charge in [0.2, 0.25) is 5.91 Å². The van der Waals surface area contributed by atoms with Gasteiger partial charge in [0.1, 0.15) is 0 Å². The normalized spacial score (nSPS) is 18.4. The molecule has 5 nitrogen and oxygen atoms in total. The van der Waals surface area contributed by atoms with Gasteiger partial charge >= 0.3 is 6.18 Å². The third-order valence-electron chi connectivity index (χ3n) is 5.56. The Bertz CT molecular complexity index is 928. The summed E-state index contributed by atoms with van der Waals surface area (Å²) in [5.41, 5.74) is 0.623. The van der Waals surface area contributed by atoms with Gasteiger partial charge < -0.3 is 15.2 Å². The van der Waals surface area contributed by atoms with Gasteiger partial charge in [-0.1, -0.05) is 48.9 Å². The smallest absolute Gasteiger partial charge is 0.416 e. The van der Waals surface area contributed by atoms with Gasteiger partial charge in [-0.2, -0.15) is 13.2 Å². The fraction of sp³-hybridized carbons (Fsp3) is 0.391. The number of piperidine rings is 1. The van der Waals surface area contributed by atoms with E-state index in [9.17, 15) is 27.9 Å². The zero-order valence-electron chi connectivity index (χ0n) is 17.1. The van der Waals surface area contributed by atoms with E-state index in [4.69, 9.17) is 0 Å². The molecule has 0 radical (unpaired) electrons. The van der Waals surface area contributed by atoms with Gasteiger partial charge in [-0.15, -0.1) is 0 Å². The van der Waals surface area contributed by atoms with Crippen LogP contribution in [0.25, 0.3) is 0 Å². The Kier molecular flexibility index (Phi) is 7.00. The topological polar surface area (TPSA) is 72.5 Å². The Labute approximate surface area is 178 Å². The number of hydrogen-bond acceptors (Lipinski definition) is 4. The lowest BCUT2D eigenvalue weighted by Crippen LogP contribution is -2.49. The number of aromatic carboxylic acids is 1. The van der Waals surface area contributed by atoms with E-state index in [2.05, 4.69) is 5.32 Å². The van der Waals surface area contributed by atoms with Crippen molar-refractivity contribution >= 4 is 11.9 Å². The predicted molar refractivity (Wildman–Crippen MR) is 107 cm³/mol. The molecule has 31 heavy (non-hydrogen) atoms. The molecule has 1 N–H and O–H groups in total. The standard InChI is InChI=1S/C23H25F3N2O3/c1-15(17-8-10-18(11-9-17)22(30)31)27-21(29)20-7-2-3-12-28(20)14-16-5-4-6-19(13-16)23(24,25)26/h4-6,8-11,13,15,20H,2-3,7,12,14H2,1H3,(H,27,29)(H,30,31)/p-1/t15-,20+/m0/s1. The Balaban J connectivity index is 1.68. The monoisotopic (exact) mass is 433 g/mol. The lowest BCUT2D eigenvalue weighted by molar-refractivity contribution is -0.255. The molecular weight excluding hydrogens is 409 g/mol. The van der Waals surface area contributed by atoms with Crippen LogP contribution in [0.4, 0.5) is 13.2 Å². The molecule has 2 aromatic rings. The molecule has 8 heteroatoms. The molecule has 1 saturated heterocycles. The number of carbonyl (C=O) groups is 2. The number of benzene rings is 2. The maximum atomic E-state index is 13.0. The Hall–Kier alpha value is -2.87. The number of carboxylic acids is 1. The average molecular weight is 433 g/mol. The largest absolute Gasteiger partial charge is 0.545 e. The Morgan fingerprint density at radius 2 is 1.87 bits per heavy atom. The SMILES string of the molecule is C[C@H](NC(=O)[C@H]1CCCCN1Cc1cccc(C(F)(F)F)c1)c1ccc(C(=O)[O-])cc1. The minimum absolute atomic E-state index is 0.0572. The summed E-state index contributed by atoms with van der Waals surface area (Å²) in [4.78, 5) is 25.7. The summed E-state index contributed by atoms with van der Waals surface area (Å²) in [6, 6.07) is 10.5. The minimum atomic E-state index is -4.41. The summed E-state index contributed by atoms with van der Waals surface area (Å²) >= 11 is 0. The Morgan fingerprint density at radius 1 is 1.16 bits per heavy atom. The number of halogens is 3. The number of hydrogen-bond donors (Lipinski definition) is 1. The average Bonchev–Trinajstić information content (AvgIpc) is 2.73. The summed E-state index contributed by atoms with van der Waals surface area (Å²) in [7, 11) is 0. The van der Waals surface area contributed by atoms with Crippen LogP contribution < -0.4 is 10.4 Å². The molecule has 3 rings (SSSR count). The van der Waals surface area contributed by atoms with Crippen LogP contribution >= 0.6 is 0 Å². The highest BCUT2D eigenvalue weighted by Crippen LogP contribution is 2.30. The molecule has 1 aliphatic heterocycles. The molecule has 1 heterocycles. The van der Waals surface area contributed by atoms with Gasteiger partial charge in [-0.05, 0) is 49.1 Å². The van der Waals surface area contributed by atoms with Gasteiger partial charge in [0.05, 0.1) is 23.6 Å². The molecule has 1 aliphatic rings. The van der Waals surface area contributed by atoms with Crippen LogP contribution in [0.3, 0.4) is 0 Å². The maximum absolute atomic E-state index is 13.0. The van der Waals surface area contributed by atoms with Crippen molar-refractivity contribution < 1.29 is 27.9 Å². The molecule has 2 aromatic carbocycles. The fourth-order valence-corrected chi connectivity index (χ4v) is 3.86. The fourth-order valence-electron chi connectivity index (χ4n) is 3.86. The molecule has 1 fully saturated rings. The van der Waals surface area contributed by atoms with Crippen LogP contribution in [-0.4, -0.2) is 29.4 Å². The lowest BCUT2D eigenvalue weighted by Gasteiger charge is -2.35. The Morgan fingerprint density at radius 3 is 2.52 bits per heavy atom. The van der Waals surface area contributed by atoms with E-state index in [0.717, 1.165) is 30.5 Å². The molecule has 166 valence electrons. The van der Waals surface area contributed by atoms with Gasteiger partial charge in [0.15, 0.2) is 0 Å². The van der Waals surface area contributed by atoms with Gasteiger partial charge in [-0.25, -0.2) is 0 Å². The summed E-state index contributed by atoms with van der Waals surface area (Å²) in [6.07, 6.45) is -2.04. The minimum Gasteiger partial charge on any atom is -0.545 e. The van der Waals surface area contributed by atoms with Crippen LogP contribution in [0.15, 0.2) is 48.5 Å². The summed E-state index contributed by atoms with van der Waals surface area (Å²) < 4.78 is 39.0. The molecule has 0 unspecified atom stereocenters. The molecule has 0 aromatic heterocycles. The van der Waals surface area contributed by atoms with E-state index < -0.39 is 23.8 Å². The molecule has 0 spiro atoms. The van der Waals surface area contributed by atoms with Crippen molar-refractivity contribution in [3.8, 4) is 0 Å². The first-order valence-electron chi connectivity index (χ1n) is 10.2. The second kappa shape index (κ2) is 9.51. The maximum Gasteiger partial charge on any atom is 0.416 e. The van der Waals surface area contributed by atoms with Gasteiger partial charge in [0, 0.05) is 6.54 Å². The second-order valence-corrected chi connectivity index (χ2v) is 7.82. The highest BCUT2D eigenvalue weighted by atomic mass is 19.4. The van der Waals surface area contributed by atoms with Crippen molar-refractivity contribution in [3.05, 3.63) is 70.8 Å².